The Labute approximate surface area is 123 Å². The third-order valence-corrected chi connectivity index (χ3v) is 2.90. The molecule has 0 unspecified atom stereocenters. The summed E-state index contributed by atoms with van der Waals surface area (Å²) in [7, 11) is 0. The topological polar surface area (TPSA) is 73.1 Å². The van der Waals surface area contributed by atoms with Crippen LogP contribution >= 0.6 is 12.2 Å². The predicted octanol–water partition coefficient (Wildman–Crippen LogP) is 2.56. The lowest BCUT2D eigenvalue weighted by atomic mass is 10.1. The Balaban J connectivity index is 2.26. The zero-order valence-corrected chi connectivity index (χ0v) is 12.2. The van der Waals surface area contributed by atoms with Gasteiger partial charge >= 0.3 is 0 Å². The summed E-state index contributed by atoms with van der Waals surface area (Å²) < 4.78 is 5.30. The second kappa shape index (κ2) is 6.29. The number of nitrogens with zero attached hydrogens (tertiary/aromatic N) is 2. The summed E-state index contributed by atoms with van der Waals surface area (Å²) in [6.45, 7) is 4.45. The third kappa shape index (κ3) is 3.21. The molecule has 2 aromatic heterocycles. The van der Waals surface area contributed by atoms with Gasteiger partial charge in [0.25, 0.3) is 0 Å². The highest BCUT2D eigenvalue weighted by molar-refractivity contribution is 7.80. The first-order valence-electron chi connectivity index (χ1n) is 6.23. The van der Waals surface area contributed by atoms with Crippen LogP contribution in [0.5, 0.6) is 5.88 Å². The molecule has 2 heterocycles. The summed E-state index contributed by atoms with van der Waals surface area (Å²) in [5, 5.41) is 3.17. The lowest BCUT2D eigenvalue weighted by molar-refractivity contribution is 0.327. The minimum atomic E-state index is 0.317. The molecule has 0 aromatic carbocycles. The number of pyridine rings is 2. The molecule has 0 aliphatic carbocycles. The van der Waals surface area contributed by atoms with E-state index in [1.54, 1.807) is 18.5 Å². The van der Waals surface area contributed by atoms with Crippen LogP contribution in [0.25, 0.3) is 0 Å². The van der Waals surface area contributed by atoms with Crippen molar-refractivity contribution >= 4 is 28.7 Å². The van der Waals surface area contributed by atoms with E-state index in [0.717, 1.165) is 16.8 Å². The van der Waals surface area contributed by atoms with Gasteiger partial charge < -0.3 is 15.8 Å². The molecule has 3 N–H and O–H groups in total. The molecule has 2 aromatic rings. The Morgan fingerprint density at radius 2 is 2.15 bits per heavy atom. The second-order valence-electron chi connectivity index (χ2n) is 4.16. The van der Waals surface area contributed by atoms with Crippen LogP contribution in [-0.4, -0.2) is 21.6 Å². The number of rotatable bonds is 5. The number of nitrogens with one attached hydrogen (secondary N) is 1. The number of ether oxygens (including phenoxy) is 1. The zero-order valence-electron chi connectivity index (χ0n) is 11.4. The summed E-state index contributed by atoms with van der Waals surface area (Å²) in [5.41, 5.74) is 8.27. The van der Waals surface area contributed by atoms with Crippen molar-refractivity contribution in [3.63, 3.8) is 0 Å². The Morgan fingerprint density at radius 3 is 2.75 bits per heavy atom. The van der Waals surface area contributed by atoms with Gasteiger partial charge in [-0.3, -0.25) is 0 Å². The van der Waals surface area contributed by atoms with Gasteiger partial charge in [-0.05, 0) is 31.5 Å². The van der Waals surface area contributed by atoms with Crippen LogP contribution in [0.1, 0.15) is 18.1 Å². The summed E-state index contributed by atoms with van der Waals surface area (Å²) >= 11 is 5.07. The first-order valence-corrected chi connectivity index (χ1v) is 6.64. The normalized spacial score (nSPS) is 10.1. The number of hydrogen-bond acceptors (Lipinski definition) is 5. The molecule has 0 radical (unpaired) electrons. The summed E-state index contributed by atoms with van der Waals surface area (Å²) in [6, 6.07) is 5.53. The first kappa shape index (κ1) is 14.2. The smallest absolute Gasteiger partial charge is 0.213 e. The lowest BCUT2D eigenvalue weighted by Crippen LogP contribution is -2.14. The molecule has 2 rings (SSSR count). The molecule has 5 nitrogen and oxygen atoms in total. The zero-order chi connectivity index (χ0) is 14.5. The third-order valence-electron chi connectivity index (χ3n) is 2.70. The summed E-state index contributed by atoms with van der Waals surface area (Å²) in [5.74, 6) is 1.22. The molecule has 20 heavy (non-hydrogen) atoms. The molecule has 0 saturated carbocycles. The summed E-state index contributed by atoms with van der Waals surface area (Å²) in [6.07, 6.45) is 3.39. The fourth-order valence-corrected chi connectivity index (χ4v) is 2.05. The van der Waals surface area contributed by atoms with Crippen LogP contribution in [0.15, 0.2) is 30.6 Å². The number of anilines is 2. The molecule has 104 valence electrons. The average Bonchev–Trinajstić information content (AvgIpc) is 2.41. The van der Waals surface area contributed by atoms with Crippen LogP contribution in [0.2, 0.25) is 0 Å². The van der Waals surface area contributed by atoms with Gasteiger partial charge in [0.05, 0.1) is 24.1 Å². The average molecular weight is 288 g/mol. The van der Waals surface area contributed by atoms with E-state index in [1.165, 1.54) is 0 Å². The quantitative estimate of drug-likeness (QED) is 0.824. The van der Waals surface area contributed by atoms with Crippen LogP contribution in [0.3, 0.4) is 0 Å². The summed E-state index contributed by atoms with van der Waals surface area (Å²) in [4.78, 5) is 8.78. The molecule has 0 bridgehead atoms. The number of hydrogen-bond donors (Lipinski definition) is 2. The molecule has 0 atom stereocenters. The van der Waals surface area contributed by atoms with E-state index in [4.69, 9.17) is 22.7 Å². The molecule has 0 saturated heterocycles. The fourth-order valence-electron chi connectivity index (χ4n) is 1.79. The number of aromatic nitrogens is 2. The molecular weight excluding hydrogens is 272 g/mol. The highest BCUT2D eigenvalue weighted by Gasteiger charge is 2.10. The van der Waals surface area contributed by atoms with E-state index in [0.29, 0.717) is 23.3 Å². The van der Waals surface area contributed by atoms with Crippen molar-refractivity contribution in [2.75, 3.05) is 11.9 Å². The van der Waals surface area contributed by atoms with Crippen LogP contribution in [-0.2, 0) is 0 Å². The second-order valence-corrected chi connectivity index (χ2v) is 4.60. The minimum Gasteiger partial charge on any atom is -0.478 e. The van der Waals surface area contributed by atoms with Gasteiger partial charge in [0.15, 0.2) is 0 Å². The molecule has 0 aliphatic rings. The lowest BCUT2D eigenvalue weighted by Gasteiger charge is -2.12. The largest absolute Gasteiger partial charge is 0.478 e. The van der Waals surface area contributed by atoms with E-state index in [1.807, 2.05) is 26.0 Å². The van der Waals surface area contributed by atoms with E-state index in [-0.39, 0.29) is 0 Å². The highest BCUT2D eigenvalue weighted by atomic mass is 32.1. The molecule has 0 spiro atoms. The monoisotopic (exact) mass is 288 g/mol. The number of nitrogens with two attached hydrogens (primary N) is 1. The van der Waals surface area contributed by atoms with Gasteiger partial charge in [0.1, 0.15) is 10.8 Å². The minimum absolute atomic E-state index is 0.317. The number of aryl methyl sites for hydroxylation is 1. The Kier molecular flexibility index (Phi) is 4.47. The predicted molar refractivity (Wildman–Crippen MR) is 83.6 cm³/mol. The van der Waals surface area contributed by atoms with Gasteiger partial charge in [-0.15, -0.1) is 0 Å². The Bertz CT molecular complexity index is 613. The molecule has 0 amide bonds. The molecule has 0 fully saturated rings. The van der Waals surface area contributed by atoms with E-state index >= 15 is 0 Å². The van der Waals surface area contributed by atoms with Crippen molar-refractivity contribution in [1.29, 1.82) is 0 Å². The fraction of sp³-hybridized carbons (Fsp3) is 0.214. The maximum Gasteiger partial charge on any atom is 0.213 e. The van der Waals surface area contributed by atoms with Crippen molar-refractivity contribution in [1.82, 2.24) is 9.97 Å². The van der Waals surface area contributed by atoms with E-state index < -0.39 is 0 Å². The van der Waals surface area contributed by atoms with Crippen molar-refractivity contribution in [3.8, 4) is 5.88 Å². The SMILES string of the molecule is CCOc1ccc(Nc2nccc(C)c2C(N)=S)cn1. The first-order chi connectivity index (χ1) is 9.61. The van der Waals surface area contributed by atoms with Gasteiger partial charge in [-0.2, -0.15) is 0 Å². The van der Waals surface area contributed by atoms with Crippen molar-refractivity contribution < 1.29 is 4.74 Å². The van der Waals surface area contributed by atoms with Crippen molar-refractivity contribution in [2.45, 2.75) is 13.8 Å². The van der Waals surface area contributed by atoms with Crippen LogP contribution in [0, 0.1) is 6.92 Å². The van der Waals surface area contributed by atoms with Crippen molar-refractivity contribution in [3.05, 3.63) is 41.7 Å². The van der Waals surface area contributed by atoms with Gasteiger partial charge in [-0.25, -0.2) is 9.97 Å². The standard InChI is InChI=1S/C14H16N4OS/c1-3-19-11-5-4-10(8-17-11)18-14-12(13(15)20)9(2)6-7-16-14/h4-8H,3H2,1-2H3,(H2,15,20)(H,16,18). The molecule has 0 aliphatic heterocycles. The van der Waals surface area contributed by atoms with Crippen LogP contribution in [0.4, 0.5) is 11.5 Å². The van der Waals surface area contributed by atoms with Crippen LogP contribution < -0.4 is 15.8 Å². The van der Waals surface area contributed by atoms with Gasteiger partial charge in [0.2, 0.25) is 5.88 Å². The van der Waals surface area contributed by atoms with Gasteiger partial charge in [0, 0.05) is 12.3 Å². The maximum atomic E-state index is 5.75. The van der Waals surface area contributed by atoms with E-state index in [2.05, 4.69) is 15.3 Å². The van der Waals surface area contributed by atoms with Gasteiger partial charge in [-0.1, -0.05) is 12.2 Å². The van der Waals surface area contributed by atoms with Crippen molar-refractivity contribution in [2.24, 2.45) is 5.73 Å². The maximum absolute atomic E-state index is 5.75. The van der Waals surface area contributed by atoms with E-state index in [9.17, 15) is 0 Å². The Morgan fingerprint density at radius 1 is 1.35 bits per heavy atom. The molecule has 6 heteroatoms. The highest BCUT2D eigenvalue weighted by Crippen LogP contribution is 2.21. The Hall–Kier alpha value is -2.21. The number of thiocarbonyl (C=S) groups is 1. The molecular formula is C14H16N4OS.